The van der Waals surface area contributed by atoms with Gasteiger partial charge in [-0.3, -0.25) is 4.79 Å². The predicted molar refractivity (Wildman–Crippen MR) is 108 cm³/mol. The number of hydrogen-bond donors (Lipinski definition) is 0. The Hall–Kier alpha value is -2.35. The highest BCUT2D eigenvalue weighted by atomic mass is 16.5. The molecule has 0 amide bonds. The van der Waals surface area contributed by atoms with Crippen molar-refractivity contribution in [1.29, 1.82) is 0 Å². The third-order valence-electron chi connectivity index (χ3n) is 5.52. The summed E-state index contributed by atoms with van der Waals surface area (Å²) in [4.78, 5) is 12.9. The number of ether oxygens (including phenoxy) is 1. The van der Waals surface area contributed by atoms with Crippen LogP contribution in [0, 0.1) is 17.8 Å². The zero-order valence-electron chi connectivity index (χ0n) is 16.2. The van der Waals surface area contributed by atoms with Crippen LogP contribution < -0.4 is 4.74 Å². The lowest BCUT2D eigenvalue weighted by molar-refractivity contribution is -0.122. The molecule has 0 spiro atoms. The van der Waals surface area contributed by atoms with E-state index in [1.807, 2.05) is 12.1 Å². The van der Waals surface area contributed by atoms with E-state index in [0.717, 1.165) is 40.9 Å². The van der Waals surface area contributed by atoms with Crippen molar-refractivity contribution < 1.29 is 9.53 Å². The molecule has 0 unspecified atom stereocenters. The second-order valence-electron chi connectivity index (χ2n) is 7.64. The van der Waals surface area contributed by atoms with E-state index >= 15 is 0 Å². The van der Waals surface area contributed by atoms with Gasteiger partial charge in [-0.25, -0.2) is 0 Å². The molecular weight excluding hydrogens is 320 g/mol. The van der Waals surface area contributed by atoms with Gasteiger partial charge >= 0.3 is 0 Å². The average Bonchev–Trinajstić information content (AvgIpc) is 2.65. The number of allylic oxidation sites excluding steroid dienone is 1. The van der Waals surface area contributed by atoms with Crippen molar-refractivity contribution in [1.82, 2.24) is 0 Å². The highest BCUT2D eigenvalue weighted by molar-refractivity contribution is 6.02. The Balaban J connectivity index is 1.83. The van der Waals surface area contributed by atoms with E-state index in [9.17, 15) is 4.79 Å². The predicted octanol–water partition coefficient (Wildman–Crippen LogP) is 6.02. The lowest BCUT2D eigenvalue weighted by Crippen LogP contribution is -2.30. The molecule has 1 aliphatic carbocycles. The molecule has 2 atom stereocenters. The molecule has 1 aliphatic rings. The summed E-state index contributed by atoms with van der Waals surface area (Å²) in [5.74, 6) is 2.14. The molecule has 0 N–H and O–H groups in total. The molecule has 1 fully saturated rings. The van der Waals surface area contributed by atoms with E-state index in [4.69, 9.17) is 4.74 Å². The number of ketones is 1. The van der Waals surface area contributed by atoms with Crippen molar-refractivity contribution in [2.75, 3.05) is 7.11 Å². The van der Waals surface area contributed by atoms with Crippen molar-refractivity contribution in [3.8, 4) is 16.9 Å². The molecule has 0 aliphatic heterocycles. The Morgan fingerprint density at radius 2 is 1.54 bits per heavy atom. The molecule has 3 rings (SSSR count). The number of rotatable bonds is 4. The smallest absolute Gasteiger partial charge is 0.162 e. The summed E-state index contributed by atoms with van der Waals surface area (Å²) >= 11 is 0. The average molecular weight is 348 g/mol. The normalized spacial score (nSPS) is 22.0. The van der Waals surface area contributed by atoms with Crippen LogP contribution in [-0.2, 0) is 4.79 Å². The quantitative estimate of drug-likeness (QED) is 0.632. The van der Waals surface area contributed by atoms with Crippen molar-refractivity contribution in [3.05, 3.63) is 59.7 Å². The molecule has 2 aromatic carbocycles. The molecule has 0 saturated heterocycles. The first kappa shape index (κ1) is 18.4. The fourth-order valence-electron chi connectivity index (χ4n) is 3.76. The Bertz CT molecular complexity index is 782. The molecule has 136 valence electrons. The van der Waals surface area contributed by atoms with Gasteiger partial charge in [0.15, 0.2) is 5.78 Å². The van der Waals surface area contributed by atoms with Crippen molar-refractivity contribution >= 4 is 11.9 Å². The first-order valence-corrected chi connectivity index (χ1v) is 9.50. The molecule has 1 saturated carbocycles. The SMILES string of the molecule is COc1ccc(-c2ccc(C=C3C(=O)[C@H](C(C)C)CC[C@H]3C)cc2)cc1. The van der Waals surface area contributed by atoms with Crippen LogP contribution >= 0.6 is 0 Å². The maximum Gasteiger partial charge on any atom is 0.162 e. The zero-order chi connectivity index (χ0) is 18.7. The van der Waals surface area contributed by atoms with E-state index in [1.165, 1.54) is 0 Å². The summed E-state index contributed by atoms with van der Waals surface area (Å²) < 4.78 is 5.21. The Kier molecular flexibility index (Phi) is 5.61. The molecule has 0 radical (unpaired) electrons. The topological polar surface area (TPSA) is 26.3 Å². The number of benzene rings is 2. The van der Waals surface area contributed by atoms with Crippen LogP contribution in [0.15, 0.2) is 54.1 Å². The van der Waals surface area contributed by atoms with Gasteiger partial charge in [-0.1, -0.05) is 57.2 Å². The number of carbonyl (C=O) groups is 1. The maximum atomic E-state index is 12.9. The summed E-state index contributed by atoms with van der Waals surface area (Å²) in [5.41, 5.74) is 4.42. The van der Waals surface area contributed by atoms with Gasteiger partial charge in [0.1, 0.15) is 5.75 Å². The van der Waals surface area contributed by atoms with E-state index in [1.54, 1.807) is 7.11 Å². The fourth-order valence-corrected chi connectivity index (χ4v) is 3.76. The third-order valence-corrected chi connectivity index (χ3v) is 5.52. The lowest BCUT2D eigenvalue weighted by atomic mass is 9.73. The van der Waals surface area contributed by atoms with Crippen LogP contribution in [0.4, 0.5) is 0 Å². The van der Waals surface area contributed by atoms with Gasteiger partial charge in [-0.2, -0.15) is 0 Å². The minimum absolute atomic E-state index is 0.177. The molecule has 0 bridgehead atoms. The van der Waals surface area contributed by atoms with Crippen LogP contribution in [0.25, 0.3) is 17.2 Å². The minimum Gasteiger partial charge on any atom is -0.497 e. The monoisotopic (exact) mass is 348 g/mol. The van der Waals surface area contributed by atoms with Crippen LogP contribution in [0.5, 0.6) is 5.75 Å². The molecule has 0 aromatic heterocycles. The van der Waals surface area contributed by atoms with Gasteiger partial charge < -0.3 is 4.74 Å². The van der Waals surface area contributed by atoms with Gasteiger partial charge in [-0.05, 0) is 65.1 Å². The van der Waals surface area contributed by atoms with Gasteiger partial charge in [0.05, 0.1) is 7.11 Å². The highest BCUT2D eigenvalue weighted by Gasteiger charge is 2.32. The summed E-state index contributed by atoms with van der Waals surface area (Å²) in [5, 5.41) is 0. The van der Waals surface area contributed by atoms with E-state index < -0.39 is 0 Å². The molecule has 2 heteroatoms. The zero-order valence-corrected chi connectivity index (χ0v) is 16.2. The molecule has 2 aromatic rings. The standard InChI is InChI=1S/C24H28O2/c1-16(2)22-14-5-17(3)23(24(22)25)15-18-6-8-19(9-7-18)20-10-12-21(26-4)13-11-20/h6-13,15-17,22H,5,14H2,1-4H3/t17-,22+/m1/s1. The maximum absolute atomic E-state index is 12.9. The minimum atomic E-state index is 0.177. The number of carbonyl (C=O) groups excluding carboxylic acids is 1. The second-order valence-corrected chi connectivity index (χ2v) is 7.64. The van der Waals surface area contributed by atoms with Gasteiger partial charge in [0.25, 0.3) is 0 Å². The number of hydrogen-bond acceptors (Lipinski definition) is 2. The molecule has 0 heterocycles. The summed E-state index contributed by atoms with van der Waals surface area (Å²) in [6.07, 6.45) is 4.22. The van der Waals surface area contributed by atoms with Crippen molar-refractivity contribution in [2.45, 2.75) is 33.6 Å². The van der Waals surface area contributed by atoms with Gasteiger partial charge in [-0.15, -0.1) is 0 Å². The first-order chi connectivity index (χ1) is 12.5. The van der Waals surface area contributed by atoms with Crippen LogP contribution in [0.1, 0.15) is 39.2 Å². The van der Waals surface area contributed by atoms with Crippen LogP contribution in [0.3, 0.4) is 0 Å². The molecule has 2 nitrogen and oxygen atoms in total. The fraction of sp³-hybridized carbons (Fsp3) is 0.375. The van der Waals surface area contributed by atoms with Crippen molar-refractivity contribution in [3.63, 3.8) is 0 Å². The third kappa shape index (κ3) is 3.90. The van der Waals surface area contributed by atoms with Crippen molar-refractivity contribution in [2.24, 2.45) is 17.8 Å². The second kappa shape index (κ2) is 7.90. The first-order valence-electron chi connectivity index (χ1n) is 9.50. The van der Waals surface area contributed by atoms with E-state index in [2.05, 4.69) is 63.2 Å². The Labute approximate surface area is 156 Å². The van der Waals surface area contributed by atoms with E-state index in [-0.39, 0.29) is 5.92 Å². The van der Waals surface area contributed by atoms with Gasteiger partial charge in [0.2, 0.25) is 0 Å². The van der Waals surface area contributed by atoms with Crippen LogP contribution in [0.2, 0.25) is 0 Å². The summed E-state index contributed by atoms with van der Waals surface area (Å²) in [6.45, 7) is 6.48. The largest absolute Gasteiger partial charge is 0.497 e. The summed E-state index contributed by atoms with van der Waals surface area (Å²) in [6, 6.07) is 16.5. The number of Topliss-reactive ketones (excluding diaryl/α,β-unsaturated/α-hetero) is 1. The summed E-state index contributed by atoms with van der Waals surface area (Å²) in [7, 11) is 1.68. The van der Waals surface area contributed by atoms with E-state index in [0.29, 0.717) is 17.6 Å². The van der Waals surface area contributed by atoms with Crippen LogP contribution in [-0.4, -0.2) is 12.9 Å². The van der Waals surface area contributed by atoms with Gasteiger partial charge in [0, 0.05) is 5.92 Å². The molecular formula is C24H28O2. The Morgan fingerprint density at radius 1 is 0.962 bits per heavy atom. The number of methoxy groups -OCH3 is 1. The highest BCUT2D eigenvalue weighted by Crippen LogP contribution is 2.35. The lowest BCUT2D eigenvalue weighted by Gasteiger charge is -2.30. The Morgan fingerprint density at radius 3 is 2.08 bits per heavy atom. The molecule has 26 heavy (non-hydrogen) atoms.